The minimum absolute atomic E-state index is 0.326. The van der Waals surface area contributed by atoms with Gasteiger partial charge in [-0.25, -0.2) is 9.18 Å². The fourth-order valence-corrected chi connectivity index (χ4v) is 1.87. The van der Waals surface area contributed by atoms with E-state index in [2.05, 4.69) is 9.72 Å². The van der Waals surface area contributed by atoms with Crippen molar-refractivity contribution in [1.82, 2.24) is 4.98 Å². The monoisotopic (exact) mass is 221 g/mol. The van der Waals surface area contributed by atoms with Crippen LogP contribution in [0.5, 0.6) is 0 Å². The van der Waals surface area contributed by atoms with Crippen LogP contribution < -0.4 is 0 Å². The Morgan fingerprint density at radius 2 is 2.25 bits per heavy atom. The number of fused-ring (bicyclic) bond motifs is 1. The van der Waals surface area contributed by atoms with Crippen molar-refractivity contribution < 1.29 is 13.9 Å². The number of esters is 1. The molecule has 2 aromatic rings. The van der Waals surface area contributed by atoms with Gasteiger partial charge in [-0.2, -0.15) is 0 Å². The number of aromatic nitrogens is 1. The lowest BCUT2D eigenvalue weighted by Gasteiger charge is -1.99. The molecule has 4 heteroatoms. The second-order valence-electron chi connectivity index (χ2n) is 3.51. The van der Waals surface area contributed by atoms with Crippen molar-refractivity contribution in [3.63, 3.8) is 0 Å². The third-order valence-electron chi connectivity index (χ3n) is 2.61. The summed E-state index contributed by atoms with van der Waals surface area (Å²) in [5.41, 5.74) is 1.89. The van der Waals surface area contributed by atoms with Crippen LogP contribution in [0.4, 0.5) is 4.39 Å². The van der Waals surface area contributed by atoms with Crippen LogP contribution in [0.2, 0.25) is 0 Å². The van der Waals surface area contributed by atoms with Crippen LogP contribution in [0.1, 0.15) is 23.0 Å². The second-order valence-corrected chi connectivity index (χ2v) is 3.51. The number of aryl methyl sites for hydroxylation is 1. The number of rotatable bonds is 2. The molecule has 0 aliphatic carbocycles. The largest absolute Gasteiger partial charge is 0.464 e. The van der Waals surface area contributed by atoms with E-state index in [1.165, 1.54) is 19.2 Å². The minimum atomic E-state index is -0.423. The zero-order chi connectivity index (χ0) is 11.7. The zero-order valence-corrected chi connectivity index (χ0v) is 9.13. The summed E-state index contributed by atoms with van der Waals surface area (Å²) in [7, 11) is 1.33. The Kier molecular flexibility index (Phi) is 2.64. The molecule has 3 nitrogen and oxygen atoms in total. The van der Waals surface area contributed by atoms with Crippen molar-refractivity contribution in [1.29, 1.82) is 0 Å². The van der Waals surface area contributed by atoms with Gasteiger partial charge in [-0.3, -0.25) is 0 Å². The van der Waals surface area contributed by atoms with Crippen molar-refractivity contribution in [2.24, 2.45) is 0 Å². The molecule has 84 valence electrons. The van der Waals surface area contributed by atoms with Crippen molar-refractivity contribution >= 4 is 16.9 Å². The second kappa shape index (κ2) is 3.96. The van der Waals surface area contributed by atoms with Gasteiger partial charge in [-0.15, -0.1) is 0 Å². The fraction of sp³-hybridized carbons (Fsp3) is 0.250. The van der Waals surface area contributed by atoms with Gasteiger partial charge in [-0.1, -0.05) is 6.92 Å². The van der Waals surface area contributed by atoms with Gasteiger partial charge < -0.3 is 9.72 Å². The number of halogens is 1. The van der Waals surface area contributed by atoms with Crippen LogP contribution in [0.3, 0.4) is 0 Å². The molecular formula is C12H12FNO2. The number of carbonyl (C=O) groups excluding carboxylic acids is 1. The molecule has 0 amide bonds. The molecule has 0 spiro atoms. The molecular weight excluding hydrogens is 209 g/mol. The van der Waals surface area contributed by atoms with Crippen molar-refractivity contribution in [2.75, 3.05) is 7.11 Å². The third-order valence-corrected chi connectivity index (χ3v) is 2.61. The summed E-state index contributed by atoms with van der Waals surface area (Å²) in [4.78, 5) is 14.4. The fourth-order valence-electron chi connectivity index (χ4n) is 1.87. The summed E-state index contributed by atoms with van der Waals surface area (Å²) in [5.74, 6) is -0.749. The summed E-state index contributed by atoms with van der Waals surface area (Å²) < 4.78 is 17.7. The lowest BCUT2D eigenvalue weighted by molar-refractivity contribution is 0.0594. The lowest BCUT2D eigenvalue weighted by atomic mass is 10.1. The number of nitrogens with one attached hydrogen (secondary N) is 1. The Bertz CT molecular complexity index is 545. The standard InChI is InChI=1S/C12H12FNO2/c1-3-8-9-5-4-7(13)6-10(9)14-11(8)12(15)16-2/h4-6,14H,3H2,1-2H3. The molecule has 0 bridgehead atoms. The molecule has 0 saturated heterocycles. The Labute approximate surface area is 92.2 Å². The molecule has 16 heavy (non-hydrogen) atoms. The van der Waals surface area contributed by atoms with Crippen LogP contribution in [0.15, 0.2) is 18.2 Å². The molecule has 1 aromatic carbocycles. The van der Waals surface area contributed by atoms with E-state index >= 15 is 0 Å². The predicted molar refractivity (Wildman–Crippen MR) is 59.0 cm³/mol. The first-order valence-corrected chi connectivity index (χ1v) is 5.05. The molecule has 0 radical (unpaired) electrons. The van der Waals surface area contributed by atoms with E-state index in [-0.39, 0.29) is 5.82 Å². The van der Waals surface area contributed by atoms with Crippen molar-refractivity contribution in [2.45, 2.75) is 13.3 Å². The van der Waals surface area contributed by atoms with Gasteiger partial charge >= 0.3 is 5.97 Å². The van der Waals surface area contributed by atoms with Crippen LogP contribution >= 0.6 is 0 Å². The molecule has 1 heterocycles. The van der Waals surface area contributed by atoms with Crippen molar-refractivity contribution in [3.05, 3.63) is 35.3 Å². The maximum Gasteiger partial charge on any atom is 0.354 e. The first-order valence-electron chi connectivity index (χ1n) is 5.05. The summed E-state index contributed by atoms with van der Waals surface area (Å²) in [5, 5.41) is 0.865. The van der Waals surface area contributed by atoms with Crippen LogP contribution in [-0.2, 0) is 11.2 Å². The Morgan fingerprint density at radius 3 is 2.88 bits per heavy atom. The number of carbonyl (C=O) groups is 1. The van der Waals surface area contributed by atoms with E-state index < -0.39 is 5.97 Å². The summed E-state index contributed by atoms with van der Waals surface area (Å²) in [6, 6.07) is 4.43. The first-order chi connectivity index (χ1) is 7.67. The molecule has 0 unspecified atom stereocenters. The molecule has 1 aromatic heterocycles. The van der Waals surface area contributed by atoms with E-state index in [0.29, 0.717) is 17.6 Å². The van der Waals surface area contributed by atoms with Crippen LogP contribution in [-0.4, -0.2) is 18.1 Å². The Hall–Kier alpha value is -1.84. The Morgan fingerprint density at radius 1 is 1.50 bits per heavy atom. The first kappa shape index (κ1) is 10.7. The lowest BCUT2D eigenvalue weighted by Crippen LogP contribution is -2.04. The van der Waals surface area contributed by atoms with Gasteiger partial charge in [0.2, 0.25) is 0 Å². The molecule has 0 saturated carbocycles. The van der Waals surface area contributed by atoms with E-state index in [1.807, 2.05) is 6.92 Å². The van der Waals surface area contributed by atoms with Gasteiger partial charge in [-0.05, 0) is 30.2 Å². The quantitative estimate of drug-likeness (QED) is 0.792. The molecule has 0 fully saturated rings. The molecule has 2 rings (SSSR count). The highest BCUT2D eigenvalue weighted by Crippen LogP contribution is 2.24. The summed E-state index contributed by atoms with van der Waals surface area (Å²) in [6.45, 7) is 1.94. The third kappa shape index (κ3) is 1.56. The highest BCUT2D eigenvalue weighted by atomic mass is 19.1. The number of benzene rings is 1. The topological polar surface area (TPSA) is 42.1 Å². The van der Waals surface area contributed by atoms with Gasteiger partial charge in [0, 0.05) is 10.9 Å². The number of hydrogen-bond donors (Lipinski definition) is 1. The van der Waals surface area contributed by atoms with Gasteiger partial charge in [0.1, 0.15) is 11.5 Å². The molecule has 0 atom stereocenters. The van der Waals surface area contributed by atoms with E-state index in [1.54, 1.807) is 6.07 Å². The smallest absolute Gasteiger partial charge is 0.354 e. The maximum atomic E-state index is 13.0. The average molecular weight is 221 g/mol. The summed E-state index contributed by atoms with van der Waals surface area (Å²) in [6.07, 6.45) is 0.691. The summed E-state index contributed by atoms with van der Waals surface area (Å²) >= 11 is 0. The number of hydrogen-bond acceptors (Lipinski definition) is 2. The molecule has 0 aliphatic rings. The van der Waals surface area contributed by atoms with Gasteiger partial charge in [0.15, 0.2) is 0 Å². The van der Waals surface area contributed by atoms with Gasteiger partial charge in [0.05, 0.1) is 7.11 Å². The van der Waals surface area contributed by atoms with Crippen molar-refractivity contribution in [3.8, 4) is 0 Å². The van der Waals surface area contributed by atoms with E-state index in [9.17, 15) is 9.18 Å². The number of aromatic amines is 1. The highest BCUT2D eigenvalue weighted by molar-refractivity contribution is 5.98. The molecule has 1 N–H and O–H groups in total. The normalized spacial score (nSPS) is 10.7. The van der Waals surface area contributed by atoms with Gasteiger partial charge in [0.25, 0.3) is 0 Å². The maximum absolute atomic E-state index is 13.0. The Balaban J connectivity index is 2.70. The molecule has 0 aliphatic heterocycles. The minimum Gasteiger partial charge on any atom is -0.464 e. The van der Waals surface area contributed by atoms with Crippen LogP contribution in [0.25, 0.3) is 10.9 Å². The number of methoxy groups -OCH3 is 1. The van der Waals surface area contributed by atoms with E-state index in [4.69, 9.17) is 0 Å². The highest BCUT2D eigenvalue weighted by Gasteiger charge is 2.16. The number of ether oxygens (including phenoxy) is 1. The predicted octanol–water partition coefficient (Wildman–Crippen LogP) is 2.66. The van der Waals surface area contributed by atoms with Crippen LogP contribution in [0, 0.1) is 5.82 Å². The average Bonchev–Trinajstić information content (AvgIpc) is 2.65. The van der Waals surface area contributed by atoms with E-state index in [0.717, 1.165) is 10.9 Å². The SMILES string of the molecule is CCc1c(C(=O)OC)[nH]c2cc(F)ccc12. The number of H-pyrrole nitrogens is 1. The zero-order valence-electron chi connectivity index (χ0n) is 9.13.